The normalized spacial score (nSPS) is 34.6. The van der Waals surface area contributed by atoms with Crippen molar-refractivity contribution in [2.24, 2.45) is 0 Å². The largest absolute Gasteiger partial charge is 0.473 e. The van der Waals surface area contributed by atoms with Gasteiger partial charge in [-0.3, -0.25) is 0 Å². The van der Waals surface area contributed by atoms with Gasteiger partial charge in [0, 0.05) is 40.3 Å². The third-order valence-corrected chi connectivity index (χ3v) is 3.94. The van der Waals surface area contributed by atoms with Crippen molar-refractivity contribution in [3.05, 3.63) is 24.7 Å². The molecule has 0 bridgehead atoms. The van der Waals surface area contributed by atoms with Crippen LogP contribution in [-0.2, 0) is 23.7 Å². The molecule has 0 spiro atoms. The fourth-order valence-electron chi connectivity index (χ4n) is 2.60. The molecule has 0 aromatic carbocycles. The first-order valence-electron chi connectivity index (χ1n) is 7.59. The first-order valence-corrected chi connectivity index (χ1v) is 7.59. The average Bonchev–Trinajstić information content (AvgIpc) is 2.55. The van der Waals surface area contributed by atoms with E-state index in [-0.39, 0.29) is 24.4 Å². The molecule has 2 aliphatic heterocycles. The fraction of sp³-hybridized carbons (Fsp3) is 0.750. The van der Waals surface area contributed by atoms with Crippen molar-refractivity contribution in [2.45, 2.75) is 50.1 Å². The summed E-state index contributed by atoms with van der Waals surface area (Å²) in [6, 6.07) is 0. The van der Waals surface area contributed by atoms with Gasteiger partial charge in [-0.1, -0.05) is 0 Å². The number of methoxy groups -OCH3 is 2. The molecule has 0 N–H and O–H groups in total. The Kier molecular flexibility index (Phi) is 7.23. The van der Waals surface area contributed by atoms with Crippen molar-refractivity contribution in [2.75, 3.05) is 27.4 Å². The summed E-state index contributed by atoms with van der Waals surface area (Å²) in [4.78, 5) is 0. The van der Waals surface area contributed by atoms with E-state index in [0.29, 0.717) is 0 Å². The highest BCUT2D eigenvalue weighted by atomic mass is 16.5. The van der Waals surface area contributed by atoms with E-state index in [2.05, 4.69) is 0 Å². The standard InChI is InChI=1S/C16H26O5/c1-17-13-5-9-20-15(11-13)3-7-19-8-4-16-12-14(18-2)6-10-21-16/h3-4,7-8,13-16H,5-6,9-12H2,1-2H3. The summed E-state index contributed by atoms with van der Waals surface area (Å²) >= 11 is 0. The van der Waals surface area contributed by atoms with Crippen LogP contribution in [0.15, 0.2) is 24.7 Å². The molecule has 4 atom stereocenters. The molecule has 5 nitrogen and oxygen atoms in total. The summed E-state index contributed by atoms with van der Waals surface area (Å²) < 4.78 is 27.3. The van der Waals surface area contributed by atoms with Gasteiger partial charge in [-0.05, 0) is 25.0 Å². The van der Waals surface area contributed by atoms with E-state index in [0.717, 1.165) is 38.9 Å². The summed E-state index contributed by atoms with van der Waals surface area (Å²) in [7, 11) is 3.49. The van der Waals surface area contributed by atoms with Gasteiger partial charge in [0.1, 0.15) is 0 Å². The van der Waals surface area contributed by atoms with Gasteiger partial charge >= 0.3 is 0 Å². The minimum Gasteiger partial charge on any atom is -0.473 e. The number of rotatable bonds is 6. The van der Waals surface area contributed by atoms with Crippen molar-refractivity contribution in [3.63, 3.8) is 0 Å². The molecule has 4 unspecified atom stereocenters. The van der Waals surface area contributed by atoms with Crippen LogP contribution in [-0.4, -0.2) is 51.8 Å². The topological polar surface area (TPSA) is 46.2 Å². The molecule has 0 radical (unpaired) electrons. The molecule has 2 saturated heterocycles. The number of hydrogen-bond donors (Lipinski definition) is 0. The average molecular weight is 298 g/mol. The Balaban J connectivity index is 1.66. The Labute approximate surface area is 126 Å². The van der Waals surface area contributed by atoms with E-state index >= 15 is 0 Å². The predicted octanol–water partition coefficient (Wildman–Crippen LogP) is 2.42. The van der Waals surface area contributed by atoms with Crippen LogP contribution in [0.25, 0.3) is 0 Å². The number of ether oxygens (including phenoxy) is 5. The van der Waals surface area contributed by atoms with Gasteiger partial charge in [0.25, 0.3) is 0 Å². The van der Waals surface area contributed by atoms with E-state index in [1.807, 2.05) is 12.2 Å². The quantitative estimate of drug-likeness (QED) is 0.705. The molecule has 0 aromatic heterocycles. The zero-order valence-electron chi connectivity index (χ0n) is 12.9. The molecule has 5 heteroatoms. The minimum atomic E-state index is 0.0703. The second kappa shape index (κ2) is 9.20. The van der Waals surface area contributed by atoms with Crippen molar-refractivity contribution < 1.29 is 23.7 Å². The van der Waals surface area contributed by atoms with Gasteiger partial charge in [-0.2, -0.15) is 0 Å². The van der Waals surface area contributed by atoms with Crippen LogP contribution in [0.1, 0.15) is 25.7 Å². The van der Waals surface area contributed by atoms with Crippen LogP contribution < -0.4 is 0 Å². The lowest BCUT2D eigenvalue weighted by atomic mass is 10.1. The lowest BCUT2D eigenvalue weighted by molar-refractivity contribution is -0.0402. The molecule has 2 heterocycles. The molecular formula is C16H26O5. The van der Waals surface area contributed by atoms with Crippen LogP contribution in [0.3, 0.4) is 0 Å². The minimum absolute atomic E-state index is 0.0703. The Hall–Kier alpha value is -0.880. The Morgan fingerprint density at radius 3 is 1.71 bits per heavy atom. The van der Waals surface area contributed by atoms with E-state index < -0.39 is 0 Å². The maximum Gasteiger partial charge on any atom is 0.0887 e. The van der Waals surface area contributed by atoms with Crippen LogP contribution in [0.4, 0.5) is 0 Å². The summed E-state index contributed by atoms with van der Waals surface area (Å²) in [5.74, 6) is 0. The van der Waals surface area contributed by atoms with Crippen molar-refractivity contribution in [1.29, 1.82) is 0 Å². The van der Waals surface area contributed by atoms with Crippen LogP contribution >= 0.6 is 0 Å². The summed E-state index contributed by atoms with van der Waals surface area (Å²) in [6.07, 6.45) is 11.6. The molecule has 21 heavy (non-hydrogen) atoms. The van der Waals surface area contributed by atoms with Gasteiger partial charge < -0.3 is 23.7 Å². The molecular weight excluding hydrogens is 272 g/mol. The van der Waals surface area contributed by atoms with Crippen molar-refractivity contribution in [1.82, 2.24) is 0 Å². The van der Waals surface area contributed by atoms with Crippen LogP contribution in [0.5, 0.6) is 0 Å². The summed E-state index contributed by atoms with van der Waals surface area (Å²) in [5.41, 5.74) is 0. The second-order valence-electron chi connectivity index (χ2n) is 5.38. The first kappa shape index (κ1) is 16.5. The SMILES string of the molecule is COC1CCOC(C=COC=CC2CC(OC)CCO2)C1. The Morgan fingerprint density at radius 2 is 1.29 bits per heavy atom. The van der Waals surface area contributed by atoms with Gasteiger partial charge in [0.15, 0.2) is 0 Å². The second-order valence-corrected chi connectivity index (χ2v) is 5.38. The van der Waals surface area contributed by atoms with E-state index in [1.54, 1.807) is 26.7 Å². The van der Waals surface area contributed by atoms with E-state index in [9.17, 15) is 0 Å². The molecule has 0 saturated carbocycles. The molecule has 120 valence electrons. The molecule has 2 rings (SSSR count). The maximum atomic E-state index is 5.62. The van der Waals surface area contributed by atoms with Gasteiger partial charge in [0.05, 0.1) is 36.9 Å². The van der Waals surface area contributed by atoms with Gasteiger partial charge in [0.2, 0.25) is 0 Å². The third kappa shape index (κ3) is 5.79. The highest BCUT2D eigenvalue weighted by molar-refractivity contribution is 4.92. The van der Waals surface area contributed by atoms with Crippen LogP contribution in [0.2, 0.25) is 0 Å². The molecule has 2 aliphatic rings. The van der Waals surface area contributed by atoms with E-state index in [1.165, 1.54) is 0 Å². The number of hydrogen-bond acceptors (Lipinski definition) is 5. The Bertz CT molecular complexity index is 310. The highest BCUT2D eigenvalue weighted by Gasteiger charge is 2.21. The van der Waals surface area contributed by atoms with E-state index in [4.69, 9.17) is 23.7 Å². The molecule has 2 fully saturated rings. The van der Waals surface area contributed by atoms with Gasteiger partial charge in [-0.15, -0.1) is 0 Å². The first-order chi connectivity index (χ1) is 10.3. The lowest BCUT2D eigenvalue weighted by Gasteiger charge is -2.26. The van der Waals surface area contributed by atoms with Gasteiger partial charge in [-0.25, -0.2) is 0 Å². The molecule has 0 aliphatic carbocycles. The monoisotopic (exact) mass is 298 g/mol. The van der Waals surface area contributed by atoms with Crippen molar-refractivity contribution >= 4 is 0 Å². The highest BCUT2D eigenvalue weighted by Crippen LogP contribution is 2.18. The Morgan fingerprint density at radius 1 is 0.810 bits per heavy atom. The predicted molar refractivity (Wildman–Crippen MR) is 78.9 cm³/mol. The zero-order chi connectivity index (χ0) is 14.9. The lowest BCUT2D eigenvalue weighted by Crippen LogP contribution is -2.29. The fourth-order valence-corrected chi connectivity index (χ4v) is 2.60. The smallest absolute Gasteiger partial charge is 0.0887 e. The molecule has 0 aromatic rings. The molecule has 0 amide bonds. The zero-order valence-corrected chi connectivity index (χ0v) is 12.9. The summed E-state index contributed by atoms with van der Waals surface area (Å²) in [5, 5.41) is 0. The summed E-state index contributed by atoms with van der Waals surface area (Å²) in [6.45, 7) is 1.47. The third-order valence-electron chi connectivity index (χ3n) is 3.94. The van der Waals surface area contributed by atoms with Crippen molar-refractivity contribution in [3.8, 4) is 0 Å². The van der Waals surface area contributed by atoms with Crippen LogP contribution in [0, 0.1) is 0 Å². The maximum absolute atomic E-state index is 5.62.